The van der Waals surface area contributed by atoms with Crippen LogP contribution in [-0.4, -0.2) is 42.7 Å². The fraction of sp³-hybridized carbons (Fsp3) is 0.273. The molecule has 1 fully saturated rings. The Balaban J connectivity index is 1.30. The van der Waals surface area contributed by atoms with Crippen LogP contribution in [0.3, 0.4) is 0 Å². The van der Waals surface area contributed by atoms with Crippen molar-refractivity contribution in [2.24, 2.45) is 0 Å². The lowest BCUT2D eigenvalue weighted by atomic mass is 10.1. The van der Waals surface area contributed by atoms with E-state index in [1.165, 1.54) is 24.3 Å². The summed E-state index contributed by atoms with van der Waals surface area (Å²) in [6.07, 6.45) is 2.36. The predicted octanol–water partition coefficient (Wildman–Crippen LogP) is 3.74. The summed E-state index contributed by atoms with van der Waals surface area (Å²) in [7, 11) is 0. The molecule has 3 aromatic rings. The minimum absolute atomic E-state index is 0.215. The summed E-state index contributed by atoms with van der Waals surface area (Å²) in [5, 5.41) is 3.31. The second-order valence-electron chi connectivity index (χ2n) is 7.02. The van der Waals surface area contributed by atoms with Gasteiger partial charge in [0.1, 0.15) is 29.6 Å². The number of benzene rings is 2. The van der Waals surface area contributed by atoms with Gasteiger partial charge in [0.25, 0.3) is 0 Å². The zero-order valence-corrected chi connectivity index (χ0v) is 16.1. The molecule has 1 aromatic heterocycles. The lowest BCUT2D eigenvalue weighted by Crippen LogP contribution is -2.46. The van der Waals surface area contributed by atoms with Gasteiger partial charge in [0.2, 0.25) is 0 Å². The lowest BCUT2D eigenvalue weighted by Gasteiger charge is -2.36. The lowest BCUT2D eigenvalue weighted by molar-refractivity contribution is 0.624. The van der Waals surface area contributed by atoms with Crippen LogP contribution in [0.5, 0.6) is 0 Å². The van der Waals surface area contributed by atoms with E-state index >= 15 is 0 Å². The van der Waals surface area contributed by atoms with Crippen molar-refractivity contribution in [2.75, 3.05) is 47.8 Å². The molecule has 0 amide bonds. The van der Waals surface area contributed by atoms with Gasteiger partial charge in [-0.25, -0.2) is 18.7 Å². The van der Waals surface area contributed by atoms with Gasteiger partial charge in [0, 0.05) is 44.5 Å². The molecule has 1 aliphatic heterocycles. The normalized spacial score (nSPS) is 14.1. The first-order chi connectivity index (χ1) is 14.2. The van der Waals surface area contributed by atoms with Gasteiger partial charge in [-0.3, -0.25) is 0 Å². The third-order valence-electron chi connectivity index (χ3n) is 5.08. The largest absolute Gasteiger partial charge is 0.370 e. The quantitative estimate of drug-likeness (QED) is 0.689. The smallest absolute Gasteiger partial charge is 0.134 e. The maximum Gasteiger partial charge on any atom is 0.134 e. The number of hydrogen-bond acceptors (Lipinski definition) is 5. The van der Waals surface area contributed by atoms with E-state index in [1.807, 2.05) is 18.2 Å². The Morgan fingerprint density at radius 2 is 1.41 bits per heavy atom. The highest BCUT2D eigenvalue weighted by Crippen LogP contribution is 2.20. The molecule has 150 valence electrons. The standard InChI is InChI=1S/C22H23F2N5/c23-18-3-1-17(2-4-18)9-10-25-21-15-22(27-16-26-21)29-13-11-28(12-14-29)20-7-5-19(24)6-8-20/h1-8,15-16H,9-14H2,(H,25,26,27). The van der Waals surface area contributed by atoms with E-state index in [1.54, 1.807) is 18.5 Å². The molecule has 0 aliphatic carbocycles. The van der Waals surface area contributed by atoms with Gasteiger partial charge in [0.05, 0.1) is 0 Å². The Kier molecular flexibility index (Phi) is 5.84. The first-order valence-electron chi connectivity index (χ1n) is 9.73. The molecule has 1 saturated heterocycles. The molecule has 2 heterocycles. The highest BCUT2D eigenvalue weighted by molar-refractivity contribution is 5.52. The van der Waals surface area contributed by atoms with Crippen molar-refractivity contribution in [2.45, 2.75) is 6.42 Å². The molecule has 0 radical (unpaired) electrons. The molecule has 7 heteroatoms. The second kappa shape index (κ2) is 8.86. The molecule has 1 aliphatic rings. The van der Waals surface area contributed by atoms with Gasteiger partial charge in [0.15, 0.2) is 0 Å². The second-order valence-corrected chi connectivity index (χ2v) is 7.02. The zero-order valence-electron chi connectivity index (χ0n) is 16.1. The molecule has 29 heavy (non-hydrogen) atoms. The molecular formula is C22H23F2N5. The highest BCUT2D eigenvalue weighted by Gasteiger charge is 2.18. The first kappa shape index (κ1) is 19.1. The molecular weight excluding hydrogens is 372 g/mol. The first-order valence-corrected chi connectivity index (χ1v) is 9.73. The van der Waals surface area contributed by atoms with E-state index in [-0.39, 0.29) is 11.6 Å². The number of nitrogens with one attached hydrogen (secondary N) is 1. The van der Waals surface area contributed by atoms with Crippen LogP contribution in [0.2, 0.25) is 0 Å². The Labute approximate surface area is 169 Å². The van der Waals surface area contributed by atoms with Crippen molar-refractivity contribution < 1.29 is 8.78 Å². The zero-order chi connectivity index (χ0) is 20.1. The summed E-state index contributed by atoms with van der Waals surface area (Å²) in [5.41, 5.74) is 2.11. The van der Waals surface area contributed by atoms with E-state index in [0.29, 0.717) is 6.54 Å². The van der Waals surface area contributed by atoms with Crippen LogP contribution in [0, 0.1) is 11.6 Å². The minimum atomic E-state index is -0.221. The van der Waals surface area contributed by atoms with Crippen molar-refractivity contribution >= 4 is 17.3 Å². The molecule has 1 N–H and O–H groups in total. The summed E-state index contributed by atoms with van der Waals surface area (Å²) < 4.78 is 26.1. The Hall–Kier alpha value is -3.22. The monoisotopic (exact) mass is 395 g/mol. The van der Waals surface area contributed by atoms with Gasteiger partial charge >= 0.3 is 0 Å². The van der Waals surface area contributed by atoms with Crippen LogP contribution in [0.25, 0.3) is 0 Å². The van der Waals surface area contributed by atoms with Gasteiger partial charge in [-0.15, -0.1) is 0 Å². The maximum atomic E-state index is 13.1. The molecule has 0 atom stereocenters. The van der Waals surface area contributed by atoms with E-state index in [4.69, 9.17) is 0 Å². The third-order valence-corrected chi connectivity index (χ3v) is 5.08. The van der Waals surface area contributed by atoms with E-state index in [2.05, 4.69) is 25.1 Å². The van der Waals surface area contributed by atoms with Crippen LogP contribution in [0.15, 0.2) is 60.9 Å². The third kappa shape index (κ3) is 4.99. The maximum absolute atomic E-state index is 13.1. The van der Waals surface area contributed by atoms with Crippen molar-refractivity contribution in [1.29, 1.82) is 0 Å². The Bertz CT molecular complexity index is 923. The summed E-state index contributed by atoms with van der Waals surface area (Å²) in [5.74, 6) is 1.23. The Morgan fingerprint density at radius 1 is 0.793 bits per heavy atom. The van der Waals surface area contributed by atoms with Crippen molar-refractivity contribution in [3.05, 3.63) is 78.1 Å². The van der Waals surface area contributed by atoms with Crippen LogP contribution in [0.1, 0.15) is 5.56 Å². The van der Waals surface area contributed by atoms with E-state index in [9.17, 15) is 8.78 Å². The van der Waals surface area contributed by atoms with Gasteiger partial charge in [-0.05, 0) is 48.4 Å². The number of nitrogens with zero attached hydrogens (tertiary/aromatic N) is 4. The average Bonchev–Trinajstić information content (AvgIpc) is 2.76. The van der Waals surface area contributed by atoms with Crippen LogP contribution in [0.4, 0.5) is 26.1 Å². The average molecular weight is 395 g/mol. The SMILES string of the molecule is Fc1ccc(CCNc2cc(N3CCN(c4ccc(F)cc4)CC3)ncn2)cc1. The molecule has 0 unspecified atom stereocenters. The van der Waals surface area contributed by atoms with Gasteiger partial charge < -0.3 is 15.1 Å². The summed E-state index contributed by atoms with van der Waals surface area (Å²) in [6.45, 7) is 4.08. The summed E-state index contributed by atoms with van der Waals surface area (Å²) >= 11 is 0. The fourth-order valence-electron chi connectivity index (χ4n) is 3.45. The highest BCUT2D eigenvalue weighted by atomic mass is 19.1. The molecule has 2 aromatic carbocycles. The fourth-order valence-corrected chi connectivity index (χ4v) is 3.45. The van der Waals surface area contributed by atoms with Crippen LogP contribution >= 0.6 is 0 Å². The van der Waals surface area contributed by atoms with Gasteiger partial charge in [-0.2, -0.15) is 0 Å². The topological polar surface area (TPSA) is 44.3 Å². The number of anilines is 3. The number of aromatic nitrogens is 2. The summed E-state index contributed by atoms with van der Waals surface area (Å²) in [4.78, 5) is 13.2. The van der Waals surface area contributed by atoms with E-state index in [0.717, 1.165) is 55.5 Å². The van der Waals surface area contributed by atoms with Crippen molar-refractivity contribution in [1.82, 2.24) is 9.97 Å². The molecule has 0 bridgehead atoms. The Morgan fingerprint density at radius 3 is 2.10 bits per heavy atom. The number of piperazine rings is 1. The molecule has 4 rings (SSSR count). The predicted molar refractivity (Wildman–Crippen MR) is 111 cm³/mol. The molecule has 0 saturated carbocycles. The van der Waals surface area contributed by atoms with Crippen molar-refractivity contribution in [3.63, 3.8) is 0 Å². The summed E-state index contributed by atoms with van der Waals surface area (Å²) in [6, 6.07) is 15.1. The number of hydrogen-bond donors (Lipinski definition) is 1. The van der Waals surface area contributed by atoms with Crippen molar-refractivity contribution in [3.8, 4) is 0 Å². The number of rotatable bonds is 6. The van der Waals surface area contributed by atoms with Crippen LogP contribution in [-0.2, 0) is 6.42 Å². The van der Waals surface area contributed by atoms with Crippen LogP contribution < -0.4 is 15.1 Å². The minimum Gasteiger partial charge on any atom is -0.370 e. The molecule has 5 nitrogen and oxygen atoms in total. The van der Waals surface area contributed by atoms with E-state index < -0.39 is 0 Å². The molecule has 0 spiro atoms. The number of halogens is 2. The van der Waals surface area contributed by atoms with Gasteiger partial charge in [-0.1, -0.05) is 12.1 Å².